The summed E-state index contributed by atoms with van der Waals surface area (Å²) >= 11 is 0. The third-order valence-corrected chi connectivity index (χ3v) is 2.80. The minimum absolute atomic E-state index is 0.223. The predicted octanol–water partition coefficient (Wildman–Crippen LogP) is 4.37. The van der Waals surface area contributed by atoms with E-state index in [0.717, 1.165) is 30.0 Å². The highest BCUT2D eigenvalue weighted by molar-refractivity contribution is 5.48. The normalized spacial score (nSPS) is 10.3. The lowest BCUT2D eigenvalue weighted by molar-refractivity contribution is 0.317. The van der Waals surface area contributed by atoms with Gasteiger partial charge in [-0.3, -0.25) is 0 Å². The number of ether oxygens (including phenoxy) is 1. The molecule has 20 heavy (non-hydrogen) atoms. The number of rotatable bonds is 6. The van der Waals surface area contributed by atoms with Crippen LogP contribution in [0.3, 0.4) is 0 Å². The number of halogens is 2. The van der Waals surface area contributed by atoms with E-state index in [1.807, 2.05) is 31.2 Å². The summed E-state index contributed by atoms with van der Waals surface area (Å²) in [6.45, 7) is 2.91. The Balaban J connectivity index is 2.01. The van der Waals surface area contributed by atoms with Crippen LogP contribution in [0.2, 0.25) is 0 Å². The first-order chi connectivity index (χ1) is 9.69. The number of benzene rings is 2. The molecule has 2 aromatic carbocycles. The number of anilines is 1. The summed E-state index contributed by atoms with van der Waals surface area (Å²) in [6.07, 6.45) is 0.937. The van der Waals surface area contributed by atoms with Crippen LogP contribution in [0.25, 0.3) is 0 Å². The molecular formula is C16H17F2NO. The van der Waals surface area contributed by atoms with Gasteiger partial charge >= 0.3 is 0 Å². The third kappa shape index (κ3) is 3.95. The van der Waals surface area contributed by atoms with Gasteiger partial charge in [0.25, 0.3) is 0 Å². The highest BCUT2D eigenvalue weighted by Gasteiger charge is 2.04. The lowest BCUT2D eigenvalue weighted by Crippen LogP contribution is -2.03. The van der Waals surface area contributed by atoms with E-state index in [0.29, 0.717) is 12.2 Å². The fourth-order valence-corrected chi connectivity index (χ4v) is 1.79. The Hall–Kier alpha value is -2.10. The monoisotopic (exact) mass is 277 g/mol. The summed E-state index contributed by atoms with van der Waals surface area (Å²) in [5, 5.41) is 3.06. The molecule has 4 heteroatoms. The van der Waals surface area contributed by atoms with Crippen LogP contribution in [0.1, 0.15) is 18.9 Å². The first kappa shape index (κ1) is 14.3. The molecule has 0 saturated heterocycles. The molecule has 0 saturated carbocycles. The van der Waals surface area contributed by atoms with Gasteiger partial charge < -0.3 is 10.1 Å². The molecule has 1 N–H and O–H groups in total. The molecule has 0 aliphatic heterocycles. The molecule has 0 amide bonds. The molecule has 0 spiro atoms. The predicted molar refractivity (Wildman–Crippen MR) is 75.9 cm³/mol. The van der Waals surface area contributed by atoms with E-state index in [4.69, 9.17) is 4.74 Å². The van der Waals surface area contributed by atoms with Gasteiger partial charge in [0.1, 0.15) is 17.4 Å². The minimum atomic E-state index is -0.441. The van der Waals surface area contributed by atoms with Crippen LogP contribution in [0, 0.1) is 11.6 Å². The van der Waals surface area contributed by atoms with E-state index in [1.165, 1.54) is 6.07 Å². The van der Waals surface area contributed by atoms with Gasteiger partial charge in [-0.15, -0.1) is 0 Å². The molecule has 0 heterocycles. The average Bonchev–Trinajstić information content (AvgIpc) is 2.46. The largest absolute Gasteiger partial charge is 0.494 e. The van der Waals surface area contributed by atoms with Crippen LogP contribution in [-0.4, -0.2) is 6.61 Å². The maximum absolute atomic E-state index is 13.5. The fraction of sp³-hybridized carbons (Fsp3) is 0.250. The second-order valence-electron chi connectivity index (χ2n) is 4.47. The highest BCUT2D eigenvalue weighted by atomic mass is 19.1. The number of nitrogens with one attached hydrogen (secondary N) is 1. The highest BCUT2D eigenvalue weighted by Crippen LogP contribution is 2.19. The van der Waals surface area contributed by atoms with Gasteiger partial charge in [-0.1, -0.05) is 13.0 Å². The molecule has 0 bridgehead atoms. The molecule has 0 aromatic heterocycles. The van der Waals surface area contributed by atoms with E-state index in [-0.39, 0.29) is 6.54 Å². The smallest absolute Gasteiger partial charge is 0.128 e. The van der Waals surface area contributed by atoms with Crippen molar-refractivity contribution in [2.45, 2.75) is 19.9 Å². The average molecular weight is 277 g/mol. The Kier molecular flexibility index (Phi) is 4.93. The van der Waals surface area contributed by atoms with Crippen molar-refractivity contribution in [2.75, 3.05) is 11.9 Å². The van der Waals surface area contributed by atoms with E-state index in [1.54, 1.807) is 0 Å². The Morgan fingerprint density at radius 1 is 1.10 bits per heavy atom. The van der Waals surface area contributed by atoms with Crippen LogP contribution < -0.4 is 10.1 Å². The summed E-state index contributed by atoms with van der Waals surface area (Å²) in [6, 6.07) is 10.9. The molecule has 0 aliphatic carbocycles. The molecule has 2 aromatic rings. The van der Waals surface area contributed by atoms with Crippen molar-refractivity contribution in [2.24, 2.45) is 0 Å². The summed E-state index contributed by atoms with van der Waals surface area (Å²) in [5.41, 5.74) is 1.10. The Bertz CT molecular complexity index is 572. The summed E-state index contributed by atoms with van der Waals surface area (Å²) in [7, 11) is 0. The van der Waals surface area contributed by atoms with Crippen molar-refractivity contribution in [1.82, 2.24) is 0 Å². The van der Waals surface area contributed by atoms with E-state index in [2.05, 4.69) is 5.32 Å². The van der Waals surface area contributed by atoms with Gasteiger partial charge in [-0.25, -0.2) is 8.78 Å². The summed E-state index contributed by atoms with van der Waals surface area (Å²) in [4.78, 5) is 0. The van der Waals surface area contributed by atoms with E-state index >= 15 is 0 Å². The van der Waals surface area contributed by atoms with Gasteiger partial charge in [-0.05, 0) is 36.8 Å². The van der Waals surface area contributed by atoms with Gasteiger partial charge in [0.15, 0.2) is 0 Å². The molecule has 2 nitrogen and oxygen atoms in total. The van der Waals surface area contributed by atoms with Crippen LogP contribution in [0.5, 0.6) is 5.75 Å². The van der Waals surface area contributed by atoms with Crippen molar-refractivity contribution in [3.05, 3.63) is 59.7 Å². The van der Waals surface area contributed by atoms with E-state index < -0.39 is 11.6 Å². The van der Waals surface area contributed by atoms with Crippen molar-refractivity contribution >= 4 is 5.69 Å². The minimum Gasteiger partial charge on any atom is -0.494 e. The maximum atomic E-state index is 13.5. The lowest BCUT2D eigenvalue weighted by atomic mass is 10.2. The first-order valence-corrected chi connectivity index (χ1v) is 6.59. The Labute approximate surface area is 117 Å². The van der Waals surface area contributed by atoms with Crippen LogP contribution in [0.4, 0.5) is 14.5 Å². The van der Waals surface area contributed by atoms with Crippen LogP contribution >= 0.6 is 0 Å². The molecule has 0 radical (unpaired) electrons. The SMILES string of the molecule is CCCOc1cccc(NCc2cc(F)ccc2F)c1. The zero-order chi connectivity index (χ0) is 14.4. The molecule has 0 aliphatic rings. The van der Waals surface area contributed by atoms with E-state index in [9.17, 15) is 8.78 Å². The van der Waals surface area contributed by atoms with Crippen molar-refractivity contribution in [3.8, 4) is 5.75 Å². The Morgan fingerprint density at radius 3 is 2.75 bits per heavy atom. The zero-order valence-corrected chi connectivity index (χ0v) is 11.3. The molecule has 0 unspecified atom stereocenters. The Morgan fingerprint density at radius 2 is 1.95 bits per heavy atom. The number of hydrogen-bond donors (Lipinski definition) is 1. The molecule has 0 fully saturated rings. The van der Waals surface area contributed by atoms with Crippen molar-refractivity contribution in [3.63, 3.8) is 0 Å². The first-order valence-electron chi connectivity index (χ1n) is 6.59. The third-order valence-electron chi connectivity index (χ3n) is 2.80. The standard InChI is InChI=1S/C16H17F2NO/c1-2-8-20-15-5-3-4-14(10-15)19-11-12-9-13(17)6-7-16(12)18/h3-7,9-10,19H,2,8,11H2,1H3. The molecule has 2 rings (SSSR count). The van der Waals surface area contributed by atoms with Gasteiger partial charge in [0.05, 0.1) is 6.61 Å². The number of hydrogen-bond acceptors (Lipinski definition) is 2. The van der Waals surface area contributed by atoms with Gasteiger partial charge in [0.2, 0.25) is 0 Å². The summed E-state index contributed by atoms with van der Waals surface area (Å²) < 4.78 is 32.1. The van der Waals surface area contributed by atoms with Crippen molar-refractivity contribution in [1.29, 1.82) is 0 Å². The quantitative estimate of drug-likeness (QED) is 0.846. The van der Waals surface area contributed by atoms with Crippen LogP contribution in [-0.2, 0) is 6.54 Å². The molecule has 0 atom stereocenters. The van der Waals surface area contributed by atoms with Crippen LogP contribution in [0.15, 0.2) is 42.5 Å². The lowest BCUT2D eigenvalue weighted by Gasteiger charge is -2.10. The fourth-order valence-electron chi connectivity index (χ4n) is 1.79. The van der Waals surface area contributed by atoms with Gasteiger partial charge in [-0.2, -0.15) is 0 Å². The topological polar surface area (TPSA) is 21.3 Å². The van der Waals surface area contributed by atoms with Crippen molar-refractivity contribution < 1.29 is 13.5 Å². The molecule has 106 valence electrons. The summed E-state index contributed by atoms with van der Waals surface area (Å²) in [5.74, 6) is -0.0999. The zero-order valence-electron chi connectivity index (χ0n) is 11.3. The molecular weight excluding hydrogens is 260 g/mol. The maximum Gasteiger partial charge on any atom is 0.128 e. The second-order valence-corrected chi connectivity index (χ2v) is 4.47. The second kappa shape index (κ2) is 6.89. The van der Waals surface area contributed by atoms with Gasteiger partial charge in [0, 0.05) is 23.9 Å².